The normalized spacial score (nSPS) is 15.4. The fourth-order valence-electron chi connectivity index (χ4n) is 2.73. The number of thioether (sulfide) groups is 1. The van der Waals surface area contributed by atoms with Crippen molar-refractivity contribution in [3.8, 4) is 17.1 Å². The summed E-state index contributed by atoms with van der Waals surface area (Å²) in [6.07, 6.45) is 3.63. The third-order valence-corrected chi connectivity index (χ3v) is 5.16. The summed E-state index contributed by atoms with van der Waals surface area (Å²) < 4.78 is 7.11. The molecule has 3 aromatic rings. The molecule has 1 aliphatic rings. The lowest BCUT2D eigenvalue weighted by Crippen LogP contribution is -2.23. The van der Waals surface area contributed by atoms with Crippen LogP contribution in [0.15, 0.2) is 64.2 Å². The smallest absolute Gasteiger partial charge is 0.247 e. The van der Waals surface area contributed by atoms with E-state index in [0.717, 1.165) is 27.0 Å². The average molecular weight is 441 g/mol. The molecule has 0 spiro atoms. The number of aromatic nitrogens is 3. The molecule has 1 atom stereocenters. The molecule has 2 heterocycles. The molecule has 0 saturated heterocycles. The van der Waals surface area contributed by atoms with E-state index < -0.39 is 0 Å². The van der Waals surface area contributed by atoms with E-state index in [9.17, 15) is 0 Å². The Balaban J connectivity index is 1.74. The van der Waals surface area contributed by atoms with Gasteiger partial charge in [-0.25, -0.2) is 0 Å². The summed E-state index contributed by atoms with van der Waals surface area (Å²) in [6, 6.07) is 16.1. The minimum absolute atomic E-state index is 0.373. The van der Waals surface area contributed by atoms with E-state index in [0.29, 0.717) is 16.7 Å². The number of nitrogens with one attached hydrogen (secondary N) is 1. The molecule has 2 aromatic carbocycles. The van der Waals surface area contributed by atoms with Gasteiger partial charge in [-0.15, -0.1) is 10.2 Å². The summed E-state index contributed by atoms with van der Waals surface area (Å²) in [5.41, 5.74) is 3.57. The molecule has 0 saturated carbocycles. The second-order valence-electron chi connectivity index (χ2n) is 5.82. The molecule has 0 fully saturated rings. The first-order valence-corrected chi connectivity index (χ1v) is 10.3. The van der Waals surface area contributed by atoms with Gasteiger partial charge >= 0.3 is 0 Å². The Kier molecular flexibility index (Phi) is 5.40. The predicted molar refractivity (Wildman–Crippen MR) is 113 cm³/mol. The predicted octanol–water partition coefficient (Wildman–Crippen LogP) is 5.26. The van der Waals surface area contributed by atoms with E-state index in [1.165, 1.54) is 11.8 Å². The lowest BCUT2D eigenvalue weighted by atomic mass is 10.1. The molecule has 5 nitrogen and oxygen atoms in total. The Morgan fingerprint density at radius 1 is 1.19 bits per heavy atom. The first kappa shape index (κ1) is 18.0. The average Bonchev–Trinajstić information content (AvgIpc) is 2.83. The van der Waals surface area contributed by atoms with Crippen molar-refractivity contribution in [2.24, 2.45) is 0 Å². The topological polar surface area (TPSA) is 59.9 Å². The number of fused-ring (bicyclic) bond motifs is 3. The van der Waals surface area contributed by atoms with Crippen LogP contribution in [-0.4, -0.2) is 27.2 Å². The largest absolute Gasteiger partial charge is 0.448 e. The summed E-state index contributed by atoms with van der Waals surface area (Å²) in [5, 5.41) is 12.6. The highest BCUT2D eigenvalue weighted by atomic mass is 79.9. The molecule has 4 rings (SSSR count). The second kappa shape index (κ2) is 8.10. The quantitative estimate of drug-likeness (QED) is 0.558. The van der Waals surface area contributed by atoms with Crippen molar-refractivity contribution < 1.29 is 4.74 Å². The number of hydrogen-bond donors (Lipinski definition) is 1. The molecule has 0 radical (unpaired) electrons. The first-order valence-electron chi connectivity index (χ1n) is 8.57. The van der Waals surface area contributed by atoms with Gasteiger partial charge in [-0.1, -0.05) is 71.0 Å². The van der Waals surface area contributed by atoms with E-state index in [1.54, 1.807) is 0 Å². The minimum atomic E-state index is -0.373. The van der Waals surface area contributed by atoms with Crippen LogP contribution in [0.3, 0.4) is 0 Å². The molecule has 0 amide bonds. The van der Waals surface area contributed by atoms with E-state index in [4.69, 9.17) is 4.74 Å². The number of ether oxygens (including phenoxy) is 1. The van der Waals surface area contributed by atoms with Gasteiger partial charge in [-0.05, 0) is 35.6 Å². The number of benzene rings is 2. The van der Waals surface area contributed by atoms with E-state index in [2.05, 4.69) is 43.4 Å². The van der Waals surface area contributed by atoms with Gasteiger partial charge in [0.2, 0.25) is 11.0 Å². The van der Waals surface area contributed by atoms with Crippen LogP contribution in [-0.2, 0) is 0 Å². The molecular weight excluding hydrogens is 424 g/mol. The van der Waals surface area contributed by atoms with Crippen molar-refractivity contribution in [1.82, 2.24) is 15.2 Å². The van der Waals surface area contributed by atoms with Crippen LogP contribution in [0.5, 0.6) is 5.88 Å². The number of nitrogens with zero attached hydrogens (tertiary/aromatic N) is 3. The van der Waals surface area contributed by atoms with Crippen molar-refractivity contribution in [1.29, 1.82) is 0 Å². The van der Waals surface area contributed by atoms with Crippen LogP contribution in [0, 0.1) is 0 Å². The molecule has 0 aliphatic carbocycles. The van der Waals surface area contributed by atoms with Crippen LogP contribution in [0.25, 0.3) is 17.3 Å². The van der Waals surface area contributed by atoms with Gasteiger partial charge in [-0.3, -0.25) is 0 Å². The van der Waals surface area contributed by atoms with Crippen molar-refractivity contribution in [2.45, 2.75) is 18.3 Å². The van der Waals surface area contributed by atoms with Gasteiger partial charge in [0.1, 0.15) is 0 Å². The number of anilines is 1. The maximum Gasteiger partial charge on any atom is 0.247 e. The monoisotopic (exact) mass is 440 g/mol. The summed E-state index contributed by atoms with van der Waals surface area (Å²) in [6.45, 7) is 2.06. The van der Waals surface area contributed by atoms with Crippen LogP contribution in [0.1, 0.15) is 12.5 Å². The molecule has 0 unspecified atom stereocenters. The van der Waals surface area contributed by atoms with E-state index >= 15 is 0 Å². The Bertz CT molecular complexity index is 981. The molecule has 0 bridgehead atoms. The summed E-state index contributed by atoms with van der Waals surface area (Å²) in [5.74, 6) is 1.35. The molecule has 7 heteroatoms. The van der Waals surface area contributed by atoms with Crippen molar-refractivity contribution in [3.63, 3.8) is 0 Å². The zero-order valence-corrected chi connectivity index (χ0v) is 17.0. The molecule has 1 aromatic heterocycles. The third-order valence-electron chi connectivity index (χ3n) is 3.94. The fraction of sp³-hybridized carbons (Fsp3) is 0.150. The first-order chi connectivity index (χ1) is 13.2. The standard InChI is InChI=1S/C20H17BrN4OS/c1-2-27-20-23-19-18(24-25-20)15-12-14(21)9-10-16(15)22-17(26-19)11-8-13-6-4-3-5-7-13/h3-12,17,22H,2H2,1H3/b11-8+/t17-/m0/s1. The molecule has 1 N–H and O–H groups in total. The van der Waals surface area contributed by atoms with Crippen LogP contribution < -0.4 is 10.1 Å². The fourth-order valence-corrected chi connectivity index (χ4v) is 3.60. The van der Waals surface area contributed by atoms with Gasteiger partial charge in [0.05, 0.1) is 0 Å². The highest BCUT2D eigenvalue weighted by molar-refractivity contribution is 9.10. The van der Waals surface area contributed by atoms with Crippen LogP contribution in [0.2, 0.25) is 0 Å². The molecule has 1 aliphatic heterocycles. The number of rotatable bonds is 4. The van der Waals surface area contributed by atoms with Crippen LogP contribution in [0.4, 0.5) is 5.69 Å². The van der Waals surface area contributed by atoms with Gasteiger partial charge < -0.3 is 10.1 Å². The summed E-state index contributed by atoms with van der Waals surface area (Å²) in [4.78, 5) is 4.57. The SMILES string of the molecule is CCSc1nnc2c(n1)O[C@@H](/C=C/c1ccccc1)Nc1ccc(Br)cc1-2. The van der Waals surface area contributed by atoms with Gasteiger partial charge in [-0.2, -0.15) is 4.98 Å². The number of hydrogen-bond acceptors (Lipinski definition) is 6. The summed E-state index contributed by atoms with van der Waals surface area (Å²) in [7, 11) is 0. The Morgan fingerprint density at radius 2 is 2.04 bits per heavy atom. The Labute approximate surface area is 170 Å². The zero-order chi connectivity index (χ0) is 18.6. The van der Waals surface area contributed by atoms with E-state index in [1.807, 2.05) is 60.7 Å². The van der Waals surface area contributed by atoms with Gasteiger partial charge in [0.15, 0.2) is 11.9 Å². The van der Waals surface area contributed by atoms with Crippen LogP contribution >= 0.6 is 27.7 Å². The minimum Gasteiger partial charge on any atom is -0.448 e. The van der Waals surface area contributed by atoms with Crippen molar-refractivity contribution >= 4 is 39.5 Å². The van der Waals surface area contributed by atoms with Gasteiger partial charge in [0, 0.05) is 15.7 Å². The zero-order valence-electron chi connectivity index (χ0n) is 14.6. The second-order valence-corrected chi connectivity index (χ2v) is 7.97. The number of halogens is 1. The lowest BCUT2D eigenvalue weighted by molar-refractivity contribution is 0.266. The maximum atomic E-state index is 6.15. The Hall–Kier alpha value is -2.38. The highest BCUT2D eigenvalue weighted by Gasteiger charge is 2.24. The van der Waals surface area contributed by atoms with Crippen molar-refractivity contribution in [2.75, 3.05) is 11.1 Å². The molecule has 27 heavy (non-hydrogen) atoms. The Morgan fingerprint density at radius 3 is 2.85 bits per heavy atom. The maximum absolute atomic E-state index is 6.15. The van der Waals surface area contributed by atoms with Gasteiger partial charge in [0.25, 0.3) is 0 Å². The van der Waals surface area contributed by atoms with Crippen molar-refractivity contribution in [3.05, 3.63) is 64.6 Å². The van der Waals surface area contributed by atoms with E-state index in [-0.39, 0.29) is 6.23 Å². The third kappa shape index (κ3) is 4.14. The summed E-state index contributed by atoms with van der Waals surface area (Å²) >= 11 is 5.07. The highest BCUT2D eigenvalue weighted by Crippen LogP contribution is 2.38. The molecule has 136 valence electrons. The molecular formula is C20H17BrN4OS. The lowest BCUT2D eigenvalue weighted by Gasteiger charge is -2.15.